The van der Waals surface area contributed by atoms with E-state index in [-0.39, 0.29) is 17.7 Å². The third-order valence-corrected chi connectivity index (χ3v) is 3.45. The highest BCUT2D eigenvalue weighted by molar-refractivity contribution is 8.00. The van der Waals surface area contributed by atoms with Gasteiger partial charge >= 0.3 is 0 Å². The molecule has 0 aliphatic heterocycles. The maximum atomic E-state index is 13.5. The van der Waals surface area contributed by atoms with E-state index in [2.05, 4.69) is 0 Å². The smallest absolute Gasteiger partial charge is 0.137 e. The van der Waals surface area contributed by atoms with Gasteiger partial charge in [0.15, 0.2) is 0 Å². The lowest BCUT2D eigenvalue weighted by molar-refractivity contribution is 0.289. The number of hydrogen-bond acceptors (Lipinski definition) is 3. The second-order valence-corrected chi connectivity index (χ2v) is 4.82. The average molecular weight is 229 g/mol. The van der Waals surface area contributed by atoms with E-state index in [1.54, 1.807) is 6.07 Å². The van der Waals surface area contributed by atoms with E-state index >= 15 is 0 Å². The summed E-state index contributed by atoms with van der Waals surface area (Å²) in [6.07, 6.45) is 0.656. The van der Waals surface area contributed by atoms with Crippen molar-refractivity contribution in [1.82, 2.24) is 0 Å². The number of aliphatic hydroxyl groups excluding tert-OH is 1. The van der Waals surface area contributed by atoms with Crippen molar-refractivity contribution in [2.75, 3.05) is 6.61 Å². The van der Waals surface area contributed by atoms with Crippen molar-refractivity contribution < 1.29 is 9.50 Å². The van der Waals surface area contributed by atoms with E-state index in [0.29, 0.717) is 17.9 Å². The zero-order valence-corrected chi connectivity index (χ0v) is 9.56. The molecule has 0 spiro atoms. The quantitative estimate of drug-likeness (QED) is 0.760. The molecule has 0 amide bonds. The molecule has 0 heterocycles. The van der Waals surface area contributed by atoms with Crippen molar-refractivity contribution in [2.24, 2.45) is 5.73 Å². The lowest BCUT2D eigenvalue weighted by Crippen LogP contribution is -2.04. The summed E-state index contributed by atoms with van der Waals surface area (Å²) in [5.74, 6) is -0.229. The number of aliphatic hydroxyl groups is 1. The lowest BCUT2D eigenvalue weighted by atomic mass is 10.2. The fourth-order valence-corrected chi connectivity index (χ4v) is 2.40. The van der Waals surface area contributed by atoms with Crippen LogP contribution in [-0.4, -0.2) is 17.0 Å². The molecule has 1 unspecified atom stereocenters. The Morgan fingerprint density at radius 3 is 2.87 bits per heavy atom. The van der Waals surface area contributed by atoms with E-state index in [0.717, 1.165) is 5.56 Å². The molecule has 0 aliphatic rings. The van der Waals surface area contributed by atoms with Gasteiger partial charge in [-0.25, -0.2) is 4.39 Å². The van der Waals surface area contributed by atoms with Gasteiger partial charge in [0, 0.05) is 23.3 Å². The van der Waals surface area contributed by atoms with Gasteiger partial charge in [-0.3, -0.25) is 0 Å². The Morgan fingerprint density at radius 2 is 2.27 bits per heavy atom. The van der Waals surface area contributed by atoms with Gasteiger partial charge in [-0.15, -0.1) is 11.8 Å². The molecule has 1 aromatic rings. The van der Waals surface area contributed by atoms with E-state index in [4.69, 9.17) is 10.8 Å². The molecule has 0 saturated heterocycles. The number of rotatable bonds is 5. The van der Waals surface area contributed by atoms with E-state index < -0.39 is 0 Å². The number of halogens is 1. The lowest BCUT2D eigenvalue weighted by Gasteiger charge is -2.13. The van der Waals surface area contributed by atoms with Crippen LogP contribution in [0.25, 0.3) is 0 Å². The second-order valence-electron chi connectivity index (χ2n) is 3.37. The molecule has 15 heavy (non-hydrogen) atoms. The Kier molecular flexibility index (Phi) is 5.08. The Bertz CT molecular complexity index is 319. The first-order valence-electron chi connectivity index (χ1n) is 4.94. The van der Waals surface area contributed by atoms with Crippen molar-refractivity contribution in [3.63, 3.8) is 0 Å². The molecule has 4 heteroatoms. The minimum absolute atomic E-state index is 0.126. The predicted octanol–water partition coefficient (Wildman–Crippen LogP) is 2.15. The number of thioether (sulfide) groups is 1. The summed E-state index contributed by atoms with van der Waals surface area (Å²) in [5.41, 5.74) is 6.36. The van der Waals surface area contributed by atoms with Gasteiger partial charge in [-0.2, -0.15) is 0 Å². The summed E-state index contributed by atoms with van der Waals surface area (Å²) < 4.78 is 13.5. The molecule has 1 aromatic carbocycles. The van der Waals surface area contributed by atoms with Crippen LogP contribution >= 0.6 is 11.8 Å². The highest BCUT2D eigenvalue weighted by atomic mass is 32.2. The summed E-state index contributed by atoms with van der Waals surface area (Å²) in [5, 5.41) is 8.97. The summed E-state index contributed by atoms with van der Waals surface area (Å²) >= 11 is 1.43. The van der Waals surface area contributed by atoms with Gasteiger partial charge in [0.1, 0.15) is 5.82 Å². The molecule has 0 bridgehead atoms. The van der Waals surface area contributed by atoms with Crippen molar-refractivity contribution >= 4 is 11.8 Å². The maximum absolute atomic E-state index is 13.5. The highest BCUT2D eigenvalue weighted by Crippen LogP contribution is 2.30. The van der Waals surface area contributed by atoms with Crippen molar-refractivity contribution in [1.29, 1.82) is 0 Å². The van der Waals surface area contributed by atoms with Crippen LogP contribution in [0.2, 0.25) is 0 Å². The summed E-state index contributed by atoms with van der Waals surface area (Å²) in [6, 6.07) is 4.93. The van der Waals surface area contributed by atoms with Gasteiger partial charge in [0.25, 0.3) is 0 Å². The minimum atomic E-state index is -0.229. The molecule has 0 fully saturated rings. The molecule has 3 N–H and O–H groups in total. The zero-order valence-electron chi connectivity index (χ0n) is 8.74. The topological polar surface area (TPSA) is 46.2 Å². The van der Waals surface area contributed by atoms with Crippen LogP contribution in [0.4, 0.5) is 4.39 Å². The molecule has 84 valence electrons. The molecule has 0 aliphatic carbocycles. The van der Waals surface area contributed by atoms with Gasteiger partial charge in [0.05, 0.1) is 0 Å². The summed E-state index contributed by atoms with van der Waals surface area (Å²) in [6.45, 7) is 2.43. The SMILES string of the molecule is CC(CCO)Sc1c(F)cccc1CN. The van der Waals surface area contributed by atoms with Crippen LogP contribution in [-0.2, 0) is 6.54 Å². The first-order valence-corrected chi connectivity index (χ1v) is 5.82. The molecule has 0 aromatic heterocycles. The van der Waals surface area contributed by atoms with Gasteiger partial charge in [0.2, 0.25) is 0 Å². The number of hydrogen-bond donors (Lipinski definition) is 2. The third kappa shape index (κ3) is 3.48. The maximum Gasteiger partial charge on any atom is 0.137 e. The van der Waals surface area contributed by atoms with Crippen LogP contribution in [0.5, 0.6) is 0 Å². The standard InChI is InChI=1S/C11H16FNOS/c1-8(5-6-14)15-11-9(7-13)3-2-4-10(11)12/h2-4,8,14H,5-7,13H2,1H3. The van der Waals surface area contributed by atoms with Crippen LogP contribution in [0.15, 0.2) is 23.1 Å². The van der Waals surface area contributed by atoms with Crippen LogP contribution in [0.3, 0.4) is 0 Å². The Labute approximate surface area is 93.7 Å². The average Bonchev–Trinajstić information content (AvgIpc) is 2.21. The van der Waals surface area contributed by atoms with E-state index in [9.17, 15) is 4.39 Å². The van der Waals surface area contributed by atoms with Crippen LogP contribution in [0, 0.1) is 5.82 Å². The molecule has 1 rings (SSSR count). The third-order valence-electron chi connectivity index (χ3n) is 2.12. The number of benzene rings is 1. The number of nitrogens with two attached hydrogens (primary N) is 1. The van der Waals surface area contributed by atoms with E-state index in [1.807, 2.05) is 13.0 Å². The monoisotopic (exact) mass is 229 g/mol. The van der Waals surface area contributed by atoms with Crippen molar-refractivity contribution in [2.45, 2.75) is 30.0 Å². The molecule has 0 saturated carbocycles. The molecular weight excluding hydrogens is 213 g/mol. The minimum Gasteiger partial charge on any atom is -0.396 e. The van der Waals surface area contributed by atoms with Crippen molar-refractivity contribution in [3.05, 3.63) is 29.6 Å². The van der Waals surface area contributed by atoms with Gasteiger partial charge in [-0.05, 0) is 18.1 Å². The first kappa shape index (κ1) is 12.5. The second kappa shape index (κ2) is 6.10. The normalized spacial score (nSPS) is 12.8. The Hall–Kier alpha value is -0.580. The molecule has 2 nitrogen and oxygen atoms in total. The zero-order chi connectivity index (χ0) is 11.3. The van der Waals surface area contributed by atoms with Crippen LogP contribution in [0.1, 0.15) is 18.9 Å². The molecular formula is C11H16FNOS. The van der Waals surface area contributed by atoms with E-state index in [1.165, 1.54) is 17.8 Å². The predicted molar refractivity (Wildman–Crippen MR) is 61.3 cm³/mol. The summed E-state index contributed by atoms with van der Waals surface area (Å²) in [4.78, 5) is 0.612. The Balaban J connectivity index is 2.82. The fraction of sp³-hybridized carbons (Fsp3) is 0.455. The first-order chi connectivity index (χ1) is 7.19. The molecule has 0 radical (unpaired) electrons. The fourth-order valence-electron chi connectivity index (χ4n) is 1.29. The van der Waals surface area contributed by atoms with Gasteiger partial charge in [-0.1, -0.05) is 19.1 Å². The highest BCUT2D eigenvalue weighted by Gasteiger charge is 2.11. The Morgan fingerprint density at radius 1 is 1.53 bits per heavy atom. The van der Waals surface area contributed by atoms with Crippen molar-refractivity contribution in [3.8, 4) is 0 Å². The van der Waals surface area contributed by atoms with Gasteiger partial charge < -0.3 is 10.8 Å². The molecule has 1 atom stereocenters. The summed E-state index contributed by atoms with van der Waals surface area (Å²) in [7, 11) is 0. The van der Waals surface area contributed by atoms with Crippen LogP contribution < -0.4 is 5.73 Å². The largest absolute Gasteiger partial charge is 0.396 e.